The summed E-state index contributed by atoms with van der Waals surface area (Å²) in [6.07, 6.45) is -0.991. The number of amides is 2. The second-order valence-corrected chi connectivity index (χ2v) is 5.77. The van der Waals surface area contributed by atoms with E-state index in [1.807, 2.05) is 30.3 Å². The van der Waals surface area contributed by atoms with Crippen LogP contribution in [0.3, 0.4) is 0 Å². The van der Waals surface area contributed by atoms with Crippen LogP contribution in [-0.2, 0) is 25.4 Å². The van der Waals surface area contributed by atoms with Gasteiger partial charge in [0.05, 0.1) is 39.6 Å². The van der Waals surface area contributed by atoms with Crippen molar-refractivity contribution in [1.82, 2.24) is 10.6 Å². The summed E-state index contributed by atoms with van der Waals surface area (Å²) in [4.78, 5) is 25.8. The maximum atomic E-state index is 12.2. The van der Waals surface area contributed by atoms with Crippen LogP contribution in [0.25, 0.3) is 10.4 Å². The molecule has 1 rings (SSSR count). The van der Waals surface area contributed by atoms with Gasteiger partial charge < -0.3 is 30.0 Å². The number of azide groups is 1. The van der Waals surface area contributed by atoms with Gasteiger partial charge in [-0.05, 0) is 11.1 Å². The first-order valence-corrected chi connectivity index (χ1v) is 9.18. The fraction of sp³-hybridized carbons (Fsp3) is 0.556. The molecule has 0 aliphatic carbocycles. The Morgan fingerprint density at radius 2 is 1.66 bits per heavy atom. The number of nitrogens with one attached hydrogen (secondary N) is 2. The van der Waals surface area contributed by atoms with E-state index in [2.05, 4.69) is 20.7 Å². The van der Waals surface area contributed by atoms with Gasteiger partial charge in [-0.2, -0.15) is 0 Å². The van der Waals surface area contributed by atoms with E-state index in [1.165, 1.54) is 0 Å². The van der Waals surface area contributed by atoms with Gasteiger partial charge in [-0.25, -0.2) is 4.79 Å². The molecule has 1 aromatic carbocycles. The van der Waals surface area contributed by atoms with E-state index in [9.17, 15) is 9.59 Å². The van der Waals surface area contributed by atoms with Crippen LogP contribution in [0.2, 0.25) is 0 Å². The zero-order valence-corrected chi connectivity index (χ0v) is 16.2. The molecule has 11 heteroatoms. The Hall–Kier alpha value is -2.85. The fourth-order valence-electron chi connectivity index (χ4n) is 2.27. The average Bonchev–Trinajstić information content (AvgIpc) is 2.71. The summed E-state index contributed by atoms with van der Waals surface area (Å²) in [5.41, 5.74) is 8.95. The predicted octanol–water partition coefficient (Wildman–Crippen LogP) is 1.34. The molecule has 0 saturated carbocycles. The summed E-state index contributed by atoms with van der Waals surface area (Å²) in [6.45, 7) is 2.72. The van der Waals surface area contributed by atoms with Crippen LogP contribution in [0.1, 0.15) is 5.56 Å². The van der Waals surface area contributed by atoms with Gasteiger partial charge >= 0.3 is 6.09 Å². The highest BCUT2D eigenvalue weighted by atomic mass is 16.5. The van der Waals surface area contributed by atoms with Gasteiger partial charge in [-0.1, -0.05) is 35.4 Å². The summed E-state index contributed by atoms with van der Waals surface area (Å²) >= 11 is 0. The fourth-order valence-corrected chi connectivity index (χ4v) is 2.27. The minimum atomic E-state index is -1.25. The standard InChI is InChI=1S/C18H27N5O6/c19-23-21-7-9-28-11-13-29-12-10-27-8-6-20-17(24)16(22-18(25)26)14-15-4-2-1-3-5-15/h1-5,16,22H,6-14H2,(H,20,24)(H,25,26). The average molecular weight is 409 g/mol. The number of rotatable bonds is 16. The molecule has 29 heavy (non-hydrogen) atoms. The van der Waals surface area contributed by atoms with Gasteiger partial charge in [0.2, 0.25) is 5.91 Å². The summed E-state index contributed by atoms with van der Waals surface area (Å²) in [5.74, 6) is -0.408. The van der Waals surface area contributed by atoms with Gasteiger partial charge in [0.15, 0.2) is 0 Å². The van der Waals surface area contributed by atoms with E-state index in [0.29, 0.717) is 39.6 Å². The van der Waals surface area contributed by atoms with Gasteiger partial charge in [0.25, 0.3) is 0 Å². The second kappa shape index (κ2) is 16.1. The molecule has 0 saturated heterocycles. The maximum absolute atomic E-state index is 12.2. The third-order valence-electron chi connectivity index (χ3n) is 3.59. The van der Waals surface area contributed by atoms with Gasteiger partial charge in [0, 0.05) is 24.4 Å². The van der Waals surface area contributed by atoms with E-state index < -0.39 is 18.0 Å². The van der Waals surface area contributed by atoms with Crippen LogP contribution in [0, 0.1) is 0 Å². The second-order valence-electron chi connectivity index (χ2n) is 5.77. The van der Waals surface area contributed by atoms with E-state index >= 15 is 0 Å². The lowest BCUT2D eigenvalue weighted by Crippen LogP contribution is -2.48. The van der Waals surface area contributed by atoms with Crippen molar-refractivity contribution in [3.63, 3.8) is 0 Å². The van der Waals surface area contributed by atoms with Gasteiger partial charge in [0.1, 0.15) is 6.04 Å². The van der Waals surface area contributed by atoms with E-state index in [-0.39, 0.29) is 19.6 Å². The third kappa shape index (κ3) is 13.0. The molecule has 3 N–H and O–H groups in total. The smallest absolute Gasteiger partial charge is 0.405 e. The molecule has 0 aliphatic rings. The molecule has 11 nitrogen and oxygen atoms in total. The molecule has 1 atom stereocenters. The minimum absolute atomic E-state index is 0.258. The first kappa shape index (κ1) is 24.2. The van der Waals surface area contributed by atoms with Crippen LogP contribution < -0.4 is 10.6 Å². The van der Waals surface area contributed by atoms with Crippen molar-refractivity contribution in [2.24, 2.45) is 5.11 Å². The number of carbonyl (C=O) groups excluding carboxylic acids is 1. The summed E-state index contributed by atoms with van der Waals surface area (Å²) in [6, 6.07) is 8.30. The molecule has 0 spiro atoms. The Morgan fingerprint density at radius 3 is 2.28 bits per heavy atom. The lowest BCUT2D eigenvalue weighted by molar-refractivity contribution is -0.123. The van der Waals surface area contributed by atoms with Crippen LogP contribution in [-0.4, -0.2) is 75.9 Å². The largest absolute Gasteiger partial charge is 0.465 e. The van der Waals surface area contributed by atoms with Crippen molar-refractivity contribution in [3.8, 4) is 0 Å². The normalized spacial score (nSPS) is 11.3. The lowest BCUT2D eigenvalue weighted by atomic mass is 10.1. The molecule has 0 heterocycles. The highest BCUT2D eigenvalue weighted by molar-refractivity contribution is 5.85. The molecule has 1 aromatic rings. The van der Waals surface area contributed by atoms with Crippen molar-refractivity contribution in [2.45, 2.75) is 12.5 Å². The molecule has 1 unspecified atom stereocenters. The van der Waals surface area contributed by atoms with Crippen molar-refractivity contribution in [3.05, 3.63) is 46.3 Å². The van der Waals surface area contributed by atoms with E-state index in [0.717, 1.165) is 5.56 Å². The number of hydrogen-bond donors (Lipinski definition) is 3. The topological polar surface area (TPSA) is 155 Å². The predicted molar refractivity (Wildman–Crippen MR) is 105 cm³/mol. The molecular formula is C18H27N5O6. The minimum Gasteiger partial charge on any atom is -0.465 e. The molecule has 0 aromatic heterocycles. The third-order valence-corrected chi connectivity index (χ3v) is 3.59. The number of benzene rings is 1. The molecule has 0 radical (unpaired) electrons. The zero-order chi connectivity index (χ0) is 21.2. The number of carbonyl (C=O) groups is 2. The first-order valence-electron chi connectivity index (χ1n) is 9.18. The number of hydrogen-bond acceptors (Lipinski definition) is 6. The first-order chi connectivity index (χ1) is 14.1. The summed E-state index contributed by atoms with van der Waals surface area (Å²) in [7, 11) is 0. The van der Waals surface area contributed by atoms with Crippen LogP contribution >= 0.6 is 0 Å². The van der Waals surface area contributed by atoms with Crippen molar-refractivity contribution in [1.29, 1.82) is 0 Å². The molecule has 0 bridgehead atoms. The molecular weight excluding hydrogens is 382 g/mol. The number of carboxylic acid groups (broad SMARTS) is 1. The highest BCUT2D eigenvalue weighted by Crippen LogP contribution is 2.03. The lowest BCUT2D eigenvalue weighted by Gasteiger charge is -2.17. The number of nitrogens with zero attached hydrogens (tertiary/aromatic N) is 3. The van der Waals surface area contributed by atoms with Crippen LogP contribution in [0.15, 0.2) is 35.4 Å². The summed E-state index contributed by atoms with van der Waals surface area (Å²) in [5, 5.41) is 17.2. The molecule has 0 aliphatic heterocycles. The quantitative estimate of drug-likeness (QED) is 0.162. The van der Waals surface area contributed by atoms with Gasteiger partial charge in [-0.3, -0.25) is 4.79 Å². The maximum Gasteiger partial charge on any atom is 0.405 e. The Balaban J connectivity index is 2.10. The molecule has 0 fully saturated rings. The monoisotopic (exact) mass is 409 g/mol. The molecule has 2 amide bonds. The van der Waals surface area contributed by atoms with Crippen LogP contribution in [0.4, 0.5) is 4.79 Å². The van der Waals surface area contributed by atoms with Crippen molar-refractivity contribution < 1.29 is 28.9 Å². The van der Waals surface area contributed by atoms with E-state index in [1.54, 1.807) is 0 Å². The Kier molecular flexibility index (Phi) is 13.5. The Bertz CT molecular complexity index is 639. The Morgan fingerprint density at radius 1 is 1.03 bits per heavy atom. The highest BCUT2D eigenvalue weighted by Gasteiger charge is 2.20. The van der Waals surface area contributed by atoms with Crippen molar-refractivity contribution >= 4 is 12.0 Å². The van der Waals surface area contributed by atoms with Crippen molar-refractivity contribution in [2.75, 3.05) is 52.7 Å². The zero-order valence-electron chi connectivity index (χ0n) is 16.2. The van der Waals surface area contributed by atoms with E-state index in [4.69, 9.17) is 24.8 Å². The van der Waals surface area contributed by atoms with Crippen LogP contribution in [0.5, 0.6) is 0 Å². The Labute approximate surface area is 169 Å². The van der Waals surface area contributed by atoms with Gasteiger partial charge in [-0.15, -0.1) is 0 Å². The molecule has 160 valence electrons. The SMILES string of the molecule is [N-]=[N+]=NCCOCCOCCOCCNC(=O)C(Cc1ccccc1)NC(=O)O. The number of ether oxygens (including phenoxy) is 3. The summed E-state index contributed by atoms with van der Waals surface area (Å²) < 4.78 is 15.8.